The van der Waals surface area contributed by atoms with Gasteiger partial charge in [0.15, 0.2) is 0 Å². The maximum atomic E-state index is 6.47. The van der Waals surface area contributed by atoms with Gasteiger partial charge in [0.25, 0.3) is 0 Å². The van der Waals surface area contributed by atoms with Crippen molar-refractivity contribution < 1.29 is 4.74 Å². The van der Waals surface area contributed by atoms with Gasteiger partial charge in [0.1, 0.15) is 0 Å². The average molecular weight is 310 g/mol. The molecule has 1 aromatic rings. The van der Waals surface area contributed by atoms with E-state index >= 15 is 0 Å². The molecule has 2 rings (SSSR count). The van der Waals surface area contributed by atoms with Gasteiger partial charge in [-0.15, -0.1) is 0 Å². The van der Waals surface area contributed by atoms with Crippen molar-refractivity contribution in [1.29, 1.82) is 0 Å². The molecule has 1 aliphatic rings. The number of hydrogen-bond donors (Lipinski definition) is 1. The van der Waals surface area contributed by atoms with Crippen LogP contribution in [0.15, 0.2) is 24.3 Å². The van der Waals surface area contributed by atoms with Crippen molar-refractivity contribution in [1.82, 2.24) is 5.32 Å². The Labute approximate surface area is 134 Å². The molecule has 0 aliphatic heterocycles. The van der Waals surface area contributed by atoms with Crippen LogP contribution in [0.3, 0.4) is 0 Å². The predicted octanol–water partition coefficient (Wildman–Crippen LogP) is 4.98. The van der Waals surface area contributed by atoms with Crippen molar-refractivity contribution in [2.24, 2.45) is 5.92 Å². The van der Waals surface area contributed by atoms with Gasteiger partial charge in [0.05, 0.1) is 12.2 Å². The molecule has 3 heteroatoms. The van der Waals surface area contributed by atoms with Gasteiger partial charge in [-0.25, -0.2) is 0 Å². The van der Waals surface area contributed by atoms with E-state index in [2.05, 4.69) is 31.3 Å². The molecule has 3 unspecified atom stereocenters. The van der Waals surface area contributed by atoms with Gasteiger partial charge in [0, 0.05) is 11.6 Å². The molecule has 0 amide bonds. The third-order valence-electron chi connectivity index (χ3n) is 4.37. The lowest BCUT2D eigenvalue weighted by molar-refractivity contribution is -0.0563. The molecule has 1 fully saturated rings. The Balaban J connectivity index is 2.02. The summed E-state index contributed by atoms with van der Waals surface area (Å²) in [6.07, 6.45) is 6.79. The van der Waals surface area contributed by atoms with Gasteiger partial charge in [-0.3, -0.25) is 0 Å². The van der Waals surface area contributed by atoms with E-state index in [1.165, 1.54) is 31.2 Å². The van der Waals surface area contributed by atoms with E-state index < -0.39 is 0 Å². The largest absolute Gasteiger partial charge is 0.369 e. The molecule has 0 radical (unpaired) electrons. The molecular formula is C18H28ClNO. The Bertz CT molecular complexity index is 406. The molecule has 1 aromatic carbocycles. The van der Waals surface area contributed by atoms with Crippen molar-refractivity contribution in [3.63, 3.8) is 0 Å². The van der Waals surface area contributed by atoms with Crippen molar-refractivity contribution >= 4 is 11.6 Å². The van der Waals surface area contributed by atoms with Crippen LogP contribution in [0.25, 0.3) is 0 Å². The molecule has 0 heterocycles. The van der Waals surface area contributed by atoms with Crippen LogP contribution in [-0.2, 0) is 4.74 Å². The minimum absolute atomic E-state index is 0.124. The van der Waals surface area contributed by atoms with E-state index in [9.17, 15) is 0 Å². The number of hydrogen-bond acceptors (Lipinski definition) is 2. The molecule has 0 aromatic heterocycles. The van der Waals surface area contributed by atoms with E-state index in [1.54, 1.807) is 0 Å². The highest BCUT2D eigenvalue weighted by atomic mass is 35.5. The van der Waals surface area contributed by atoms with Crippen LogP contribution in [0.4, 0.5) is 0 Å². The fraction of sp³-hybridized carbons (Fsp3) is 0.667. The molecule has 0 saturated heterocycles. The summed E-state index contributed by atoms with van der Waals surface area (Å²) >= 11 is 6.00. The molecule has 0 spiro atoms. The van der Waals surface area contributed by atoms with Gasteiger partial charge < -0.3 is 10.1 Å². The topological polar surface area (TPSA) is 21.3 Å². The zero-order chi connectivity index (χ0) is 15.1. The number of ether oxygens (including phenoxy) is 1. The summed E-state index contributed by atoms with van der Waals surface area (Å²) in [5.74, 6) is 0.666. The van der Waals surface area contributed by atoms with Gasteiger partial charge in [-0.2, -0.15) is 0 Å². The van der Waals surface area contributed by atoms with Crippen LogP contribution in [0.5, 0.6) is 0 Å². The highest BCUT2D eigenvalue weighted by Crippen LogP contribution is 2.31. The predicted molar refractivity (Wildman–Crippen MR) is 89.9 cm³/mol. The minimum atomic E-state index is 0.124. The van der Waals surface area contributed by atoms with Crippen LogP contribution < -0.4 is 5.32 Å². The Kier molecular flexibility index (Phi) is 7.01. The Hall–Kier alpha value is -0.570. The lowest BCUT2D eigenvalue weighted by atomic mass is 9.87. The van der Waals surface area contributed by atoms with Crippen molar-refractivity contribution in [3.05, 3.63) is 34.9 Å². The summed E-state index contributed by atoms with van der Waals surface area (Å²) < 4.78 is 6.47. The van der Waals surface area contributed by atoms with Crippen LogP contribution in [0.1, 0.15) is 57.6 Å². The standard InChI is InChI=1S/C18H28ClNO/c1-3-12-20-13-18(15-8-10-16(19)11-9-15)21-17-7-5-4-6-14(17)2/h8-11,14,17-18,20H,3-7,12-13H2,1-2H3. The summed E-state index contributed by atoms with van der Waals surface area (Å²) in [6, 6.07) is 8.09. The van der Waals surface area contributed by atoms with E-state index in [0.717, 1.165) is 24.5 Å². The maximum Gasteiger partial charge on any atom is 0.0953 e. The molecule has 21 heavy (non-hydrogen) atoms. The summed E-state index contributed by atoms with van der Waals surface area (Å²) in [6.45, 7) is 6.42. The summed E-state index contributed by atoms with van der Waals surface area (Å²) in [5, 5.41) is 4.28. The molecule has 2 nitrogen and oxygen atoms in total. The zero-order valence-corrected chi connectivity index (χ0v) is 14.0. The smallest absolute Gasteiger partial charge is 0.0953 e. The lowest BCUT2D eigenvalue weighted by Gasteiger charge is -2.33. The molecule has 1 saturated carbocycles. The third-order valence-corrected chi connectivity index (χ3v) is 4.62. The van der Waals surface area contributed by atoms with Gasteiger partial charge in [-0.1, -0.05) is 50.4 Å². The van der Waals surface area contributed by atoms with Crippen molar-refractivity contribution in [2.75, 3.05) is 13.1 Å². The van der Waals surface area contributed by atoms with E-state index in [4.69, 9.17) is 16.3 Å². The first kappa shape index (κ1) is 16.8. The molecule has 3 atom stereocenters. The Morgan fingerprint density at radius 1 is 1.24 bits per heavy atom. The lowest BCUT2D eigenvalue weighted by Crippen LogP contribution is -2.32. The number of halogens is 1. The molecular weight excluding hydrogens is 282 g/mol. The van der Waals surface area contributed by atoms with Gasteiger partial charge >= 0.3 is 0 Å². The fourth-order valence-corrected chi connectivity index (χ4v) is 3.15. The van der Waals surface area contributed by atoms with Crippen LogP contribution in [0, 0.1) is 5.92 Å². The summed E-state index contributed by atoms with van der Waals surface area (Å²) in [5.41, 5.74) is 1.22. The highest BCUT2D eigenvalue weighted by molar-refractivity contribution is 6.30. The van der Waals surface area contributed by atoms with E-state index in [0.29, 0.717) is 12.0 Å². The minimum Gasteiger partial charge on any atom is -0.369 e. The number of rotatable bonds is 7. The first-order valence-corrected chi connectivity index (χ1v) is 8.70. The van der Waals surface area contributed by atoms with Crippen LogP contribution in [0.2, 0.25) is 5.02 Å². The van der Waals surface area contributed by atoms with E-state index in [-0.39, 0.29) is 6.10 Å². The second-order valence-corrected chi connectivity index (χ2v) is 6.62. The normalized spacial score (nSPS) is 24.0. The van der Waals surface area contributed by atoms with Crippen LogP contribution >= 0.6 is 11.6 Å². The summed E-state index contributed by atoms with van der Waals surface area (Å²) in [4.78, 5) is 0. The molecule has 1 N–H and O–H groups in total. The summed E-state index contributed by atoms with van der Waals surface area (Å²) in [7, 11) is 0. The van der Waals surface area contributed by atoms with Crippen LogP contribution in [-0.4, -0.2) is 19.2 Å². The first-order valence-electron chi connectivity index (χ1n) is 8.32. The van der Waals surface area contributed by atoms with E-state index in [1.807, 2.05) is 12.1 Å². The number of benzene rings is 1. The fourth-order valence-electron chi connectivity index (χ4n) is 3.03. The zero-order valence-electron chi connectivity index (χ0n) is 13.3. The Morgan fingerprint density at radius 3 is 2.62 bits per heavy atom. The molecule has 118 valence electrons. The Morgan fingerprint density at radius 2 is 1.95 bits per heavy atom. The first-order chi connectivity index (χ1) is 10.2. The van der Waals surface area contributed by atoms with Gasteiger partial charge in [0.2, 0.25) is 0 Å². The quantitative estimate of drug-likeness (QED) is 0.717. The second kappa shape index (κ2) is 8.77. The number of nitrogens with one attached hydrogen (secondary N) is 1. The second-order valence-electron chi connectivity index (χ2n) is 6.18. The molecule has 0 bridgehead atoms. The monoisotopic (exact) mass is 309 g/mol. The molecule has 1 aliphatic carbocycles. The SMILES string of the molecule is CCCNCC(OC1CCCCC1C)c1ccc(Cl)cc1. The average Bonchev–Trinajstić information content (AvgIpc) is 2.49. The highest BCUT2D eigenvalue weighted by Gasteiger charge is 2.25. The van der Waals surface area contributed by atoms with Crippen molar-refractivity contribution in [3.8, 4) is 0 Å². The maximum absolute atomic E-state index is 6.47. The third kappa shape index (κ3) is 5.28. The van der Waals surface area contributed by atoms with Crippen molar-refractivity contribution in [2.45, 2.75) is 58.2 Å². The van der Waals surface area contributed by atoms with Gasteiger partial charge in [-0.05, 0) is 49.4 Å².